The number of nitrogens with one attached hydrogen (secondary N) is 1. The van der Waals surface area contributed by atoms with Gasteiger partial charge in [0.15, 0.2) is 0 Å². The van der Waals surface area contributed by atoms with Crippen molar-refractivity contribution in [3.05, 3.63) is 0 Å². The molecule has 0 bridgehead atoms. The van der Waals surface area contributed by atoms with Crippen molar-refractivity contribution in [2.75, 3.05) is 19.8 Å². The molecule has 0 aliphatic carbocycles. The van der Waals surface area contributed by atoms with E-state index in [4.69, 9.17) is 4.74 Å². The van der Waals surface area contributed by atoms with Gasteiger partial charge in [0.05, 0.1) is 0 Å². The minimum absolute atomic E-state index is 0.446. The summed E-state index contributed by atoms with van der Waals surface area (Å²) in [6, 6.07) is 0. The van der Waals surface area contributed by atoms with Gasteiger partial charge in [0.25, 0.3) is 0 Å². The Bertz CT molecular complexity index is 191. The fourth-order valence-electron chi connectivity index (χ4n) is 3.20. The third-order valence-electron chi connectivity index (χ3n) is 4.38. The second-order valence-corrected chi connectivity index (χ2v) is 5.60. The Morgan fingerprint density at radius 2 is 2.07 bits per heavy atom. The fourth-order valence-corrected chi connectivity index (χ4v) is 3.20. The van der Waals surface area contributed by atoms with E-state index in [-0.39, 0.29) is 0 Å². The molecule has 2 fully saturated rings. The van der Waals surface area contributed by atoms with Crippen molar-refractivity contribution in [2.24, 2.45) is 11.8 Å². The van der Waals surface area contributed by atoms with Gasteiger partial charge in [-0.2, -0.15) is 0 Å². The Hall–Kier alpha value is -0.0800. The topological polar surface area (TPSA) is 21.3 Å². The second-order valence-electron chi connectivity index (χ2n) is 5.60. The van der Waals surface area contributed by atoms with E-state index in [9.17, 15) is 0 Å². The Kier molecular flexibility index (Phi) is 3.68. The van der Waals surface area contributed by atoms with E-state index in [1.165, 1.54) is 38.6 Å². The van der Waals surface area contributed by atoms with Crippen LogP contribution in [0.3, 0.4) is 0 Å². The first-order chi connectivity index (χ1) is 7.23. The SMILES string of the molecule is CC(C)C1(CC2CCOCC2)CCCN1. The summed E-state index contributed by atoms with van der Waals surface area (Å²) in [6.07, 6.45) is 6.66. The molecular formula is C13H25NO. The van der Waals surface area contributed by atoms with Gasteiger partial charge in [0.2, 0.25) is 0 Å². The summed E-state index contributed by atoms with van der Waals surface area (Å²) in [6.45, 7) is 7.94. The maximum absolute atomic E-state index is 5.44. The molecule has 2 heteroatoms. The van der Waals surface area contributed by atoms with Crippen LogP contribution in [0.2, 0.25) is 0 Å². The summed E-state index contributed by atoms with van der Waals surface area (Å²) in [7, 11) is 0. The zero-order chi connectivity index (χ0) is 10.7. The molecule has 2 heterocycles. The highest BCUT2D eigenvalue weighted by Gasteiger charge is 2.38. The van der Waals surface area contributed by atoms with Gasteiger partial charge < -0.3 is 10.1 Å². The molecule has 0 aromatic heterocycles. The van der Waals surface area contributed by atoms with E-state index >= 15 is 0 Å². The average molecular weight is 211 g/mol. The molecule has 2 aliphatic heterocycles. The molecule has 0 saturated carbocycles. The van der Waals surface area contributed by atoms with Crippen molar-refractivity contribution in [3.8, 4) is 0 Å². The second kappa shape index (κ2) is 4.84. The molecule has 2 saturated heterocycles. The number of ether oxygens (including phenoxy) is 1. The lowest BCUT2D eigenvalue weighted by Crippen LogP contribution is -2.46. The van der Waals surface area contributed by atoms with Crippen LogP contribution in [0.1, 0.15) is 46.0 Å². The van der Waals surface area contributed by atoms with Gasteiger partial charge in [0.1, 0.15) is 0 Å². The van der Waals surface area contributed by atoms with Crippen LogP contribution in [-0.4, -0.2) is 25.3 Å². The lowest BCUT2D eigenvalue weighted by atomic mass is 9.76. The maximum atomic E-state index is 5.44. The Morgan fingerprint density at radius 3 is 2.60 bits per heavy atom. The van der Waals surface area contributed by atoms with E-state index in [1.54, 1.807) is 0 Å². The third-order valence-corrected chi connectivity index (χ3v) is 4.38. The summed E-state index contributed by atoms with van der Waals surface area (Å²) in [4.78, 5) is 0. The van der Waals surface area contributed by atoms with E-state index in [1.807, 2.05) is 0 Å². The molecule has 0 spiro atoms. The quantitative estimate of drug-likeness (QED) is 0.774. The van der Waals surface area contributed by atoms with Crippen molar-refractivity contribution < 1.29 is 4.74 Å². The lowest BCUT2D eigenvalue weighted by Gasteiger charge is -2.38. The number of rotatable bonds is 3. The van der Waals surface area contributed by atoms with Gasteiger partial charge in [-0.3, -0.25) is 0 Å². The molecule has 2 rings (SSSR count). The van der Waals surface area contributed by atoms with E-state index in [0.29, 0.717) is 5.54 Å². The highest BCUT2D eigenvalue weighted by molar-refractivity contribution is 4.97. The monoisotopic (exact) mass is 211 g/mol. The molecule has 1 atom stereocenters. The van der Waals surface area contributed by atoms with Crippen molar-refractivity contribution in [1.29, 1.82) is 0 Å². The fraction of sp³-hybridized carbons (Fsp3) is 1.00. The van der Waals surface area contributed by atoms with Crippen LogP contribution in [0.25, 0.3) is 0 Å². The van der Waals surface area contributed by atoms with Crippen LogP contribution in [0.5, 0.6) is 0 Å². The zero-order valence-corrected chi connectivity index (χ0v) is 10.2. The lowest BCUT2D eigenvalue weighted by molar-refractivity contribution is 0.0494. The summed E-state index contributed by atoms with van der Waals surface area (Å²) in [5.74, 6) is 1.66. The molecular weight excluding hydrogens is 186 g/mol. The molecule has 0 radical (unpaired) electrons. The zero-order valence-electron chi connectivity index (χ0n) is 10.2. The molecule has 0 aromatic carbocycles. The first kappa shape index (κ1) is 11.4. The molecule has 88 valence electrons. The van der Waals surface area contributed by atoms with Crippen LogP contribution < -0.4 is 5.32 Å². The van der Waals surface area contributed by atoms with Crippen LogP contribution in [-0.2, 0) is 4.74 Å². The molecule has 0 amide bonds. The molecule has 1 N–H and O–H groups in total. The van der Waals surface area contributed by atoms with Gasteiger partial charge in [-0.05, 0) is 50.5 Å². The maximum Gasteiger partial charge on any atom is 0.0468 e. The highest BCUT2D eigenvalue weighted by Crippen LogP contribution is 2.36. The minimum atomic E-state index is 0.446. The standard InChI is InChI=1S/C13H25NO/c1-11(2)13(6-3-7-14-13)10-12-4-8-15-9-5-12/h11-12,14H,3-10H2,1-2H3. The Balaban J connectivity index is 1.93. The highest BCUT2D eigenvalue weighted by atomic mass is 16.5. The summed E-state index contributed by atoms with van der Waals surface area (Å²) < 4.78 is 5.44. The number of hydrogen-bond acceptors (Lipinski definition) is 2. The largest absolute Gasteiger partial charge is 0.381 e. The van der Waals surface area contributed by atoms with Crippen molar-refractivity contribution in [3.63, 3.8) is 0 Å². The molecule has 1 unspecified atom stereocenters. The van der Waals surface area contributed by atoms with Crippen molar-refractivity contribution >= 4 is 0 Å². The predicted molar refractivity (Wildman–Crippen MR) is 63.0 cm³/mol. The predicted octanol–water partition coefficient (Wildman–Crippen LogP) is 2.58. The van der Waals surface area contributed by atoms with Gasteiger partial charge in [0, 0.05) is 18.8 Å². The van der Waals surface area contributed by atoms with Crippen LogP contribution in [0.4, 0.5) is 0 Å². The van der Waals surface area contributed by atoms with Gasteiger partial charge >= 0.3 is 0 Å². The summed E-state index contributed by atoms with van der Waals surface area (Å²) >= 11 is 0. The molecule has 0 aromatic rings. The van der Waals surface area contributed by atoms with Crippen LogP contribution in [0, 0.1) is 11.8 Å². The average Bonchev–Trinajstić information content (AvgIpc) is 2.69. The van der Waals surface area contributed by atoms with Gasteiger partial charge in [-0.1, -0.05) is 13.8 Å². The smallest absolute Gasteiger partial charge is 0.0468 e. The first-order valence-electron chi connectivity index (χ1n) is 6.56. The van der Waals surface area contributed by atoms with Crippen LogP contribution >= 0.6 is 0 Å². The summed E-state index contributed by atoms with van der Waals surface area (Å²) in [5, 5.41) is 3.78. The third kappa shape index (κ3) is 2.54. The molecule has 15 heavy (non-hydrogen) atoms. The van der Waals surface area contributed by atoms with E-state index < -0.39 is 0 Å². The van der Waals surface area contributed by atoms with Gasteiger partial charge in [-0.25, -0.2) is 0 Å². The first-order valence-corrected chi connectivity index (χ1v) is 6.56. The Morgan fingerprint density at radius 1 is 1.33 bits per heavy atom. The van der Waals surface area contributed by atoms with E-state index in [2.05, 4.69) is 19.2 Å². The van der Waals surface area contributed by atoms with Gasteiger partial charge in [-0.15, -0.1) is 0 Å². The van der Waals surface area contributed by atoms with Crippen molar-refractivity contribution in [2.45, 2.75) is 51.5 Å². The Labute approximate surface area is 93.8 Å². The normalized spacial score (nSPS) is 33.8. The van der Waals surface area contributed by atoms with E-state index in [0.717, 1.165) is 25.0 Å². The number of hydrogen-bond donors (Lipinski definition) is 1. The molecule has 2 aliphatic rings. The molecule has 2 nitrogen and oxygen atoms in total. The van der Waals surface area contributed by atoms with Crippen LogP contribution in [0.15, 0.2) is 0 Å². The summed E-state index contributed by atoms with van der Waals surface area (Å²) in [5.41, 5.74) is 0.446. The van der Waals surface area contributed by atoms with Crippen molar-refractivity contribution in [1.82, 2.24) is 5.32 Å². The minimum Gasteiger partial charge on any atom is -0.381 e.